The third kappa shape index (κ3) is 7.84. The highest BCUT2D eigenvalue weighted by molar-refractivity contribution is 8.26. The predicted octanol–water partition coefficient (Wildman–Crippen LogP) is 6.53. The van der Waals surface area contributed by atoms with Gasteiger partial charge in [-0.25, -0.2) is 0 Å². The predicted molar refractivity (Wildman–Crippen MR) is 159 cm³/mol. The van der Waals surface area contributed by atoms with Crippen LogP contribution in [-0.2, 0) is 23.2 Å². The first-order valence-electron chi connectivity index (χ1n) is 12.4. The van der Waals surface area contributed by atoms with Crippen molar-refractivity contribution in [1.82, 2.24) is 9.88 Å². The van der Waals surface area contributed by atoms with E-state index < -0.39 is 28.6 Å². The molecule has 1 unspecified atom stereocenters. The van der Waals surface area contributed by atoms with Crippen molar-refractivity contribution in [2.24, 2.45) is 0 Å². The fourth-order valence-corrected chi connectivity index (χ4v) is 6.21. The zero-order chi connectivity index (χ0) is 28.4. The van der Waals surface area contributed by atoms with Gasteiger partial charge in [-0.2, -0.15) is 0 Å². The van der Waals surface area contributed by atoms with Gasteiger partial charge < -0.3 is 8.85 Å². The Hall–Kier alpha value is -1.83. The molecule has 1 saturated heterocycles. The minimum Gasteiger partial charge on any atom is -0.519 e. The van der Waals surface area contributed by atoms with E-state index in [1.165, 1.54) is 4.90 Å². The Bertz CT molecular complexity index is 1080. The van der Waals surface area contributed by atoms with Crippen LogP contribution in [0.25, 0.3) is 6.08 Å². The molecule has 0 radical (unpaired) electrons. The van der Waals surface area contributed by atoms with Crippen molar-refractivity contribution >= 4 is 68.9 Å². The molecule has 11 heteroatoms. The van der Waals surface area contributed by atoms with Gasteiger partial charge in [0, 0.05) is 18.8 Å². The lowest BCUT2D eigenvalue weighted by atomic mass is 10.1. The van der Waals surface area contributed by atoms with Crippen molar-refractivity contribution in [2.45, 2.75) is 96.7 Å². The Morgan fingerprint density at radius 3 is 2.05 bits per heavy atom. The van der Waals surface area contributed by atoms with Crippen LogP contribution in [0.5, 0.6) is 0 Å². The van der Waals surface area contributed by atoms with Crippen LogP contribution < -0.4 is 0 Å². The van der Waals surface area contributed by atoms with Gasteiger partial charge in [0.15, 0.2) is 0 Å². The highest BCUT2D eigenvalue weighted by atomic mass is 32.2. The third-order valence-electron chi connectivity index (χ3n) is 7.37. The van der Waals surface area contributed by atoms with E-state index >= 15 is 0 Å². The first kappa shape index (κ1) is 31.4. The van der Waals surface area contributed by atoms with Crippen LogP contribution in [0.3, 0.4) is 0 Å². The number of carbonyl (C=O) groups is 3. The molecule has 1 amide bonds. The van der Waals surface area contributed by atoms with E-state index in [2.05, 4.69) is 25.8 Å². The minimum absolute atomic E-state index is 0.0236. The summed E-state index contributed by atoms with van der Waals surface area (Å²) in [5.41, 5.74) is 0.800. The van der Waals surface area contributed by atoms with E-state index in [9.17, 15) is 14.4 Å². The van der Waals surface area contributed by atoms with Crippen molar-refractivity contribution in [3.05, 3.63) is 35.0 Å². The summed E-state index contributed by atoms with van der Waals surface area (Å²) < 4.78 is 12.2. The SMILES string of the molecule is CC(C)(C)[Si](C)(C)OC(=O)CCC(C(=O)O[Si](C)(C)C(C)(C)C)N1C(=O)/C(=C\c2ccncc2)SC1=S. The van der Waals surface area contributed by atoms with E-state index in [1.807, 2.05) is 47.0 Å². The molecule has 1 atom stereocenters. The summed E-state index contributed by atoms with van der Waals surface area (Å²) in [6.45, 7) is 20.2. The fourth-order valence-electron chi connectivity index (χ4n) is 2.93. The minimum atomic E-state index is -2.49. The number of pyridine rings is 1. The zero-order valence-corrected chi connectivity index (χ0v) is 27.3. The maximum absolute atomic E-state index is 13.6. The molecule has 0 bridgehead atoms. The molecule has 7 nitrogen and oxygen atoms in total. The molecule has 0 aliphatic carbocycles. The smallest absolute Gasteiger partial charge is 0.316 e. The highest BCUT2D eigenvalue weighted by Crippen LogP contribution is 2.40. The molecule has 0 aromatic carbocycles. The van der Waals surface area contributed by atoms with Crippen LogP contribution in [-0.4, -0.2) is 54.7 Å². The van der Waals surface area contributed by atoms with E-state index in [0.717, 1.165) is 17.3 Å². The fraction of sp³-hybridized carbons (Fsp3) is 0.577. The zero-order valence-electron chi connectivity index (χ0n) is 23.6. The molecule has 2 rings (SSSR count). The van der Waals surface area contributed by atoms with Crippen molar-refractivity contribution < 1.29 is 23.2 Å². The number of hydrogen-bond acceptors (Lipinski definition) is 8. The van der Waals surface area contributed by atoms with Gasteiger partial charge in [-0.3, -0.25) is 24.3 Å². The molecule has 37 heavy (non-hydrogen) atoms. The summed E-state index contributed by atoms with van der Waals surface area (Å²) in [7, 11) is -4.82. The molecule has 204 valence electrons. The van der Waals surface area contributed by atoms with Crippen LogP contribution >= 0.6 is 24.0 Å². The molecule has 0 N–H and O–H groups in total. The molecule has 1 aliphatic heterocycles. The van der Waals surface area contributed by atoms with E-state index in [-0.39, 0.29) is 39.1 Å². The van der Waals surface area contributed by atoms with Crippen LogP contribution in [0.15, 0.2) is 29.4 Å². The van der Waals surface area contributed by atoms with Crippen LogP contribution in [0.4, 0.5) is 0 Å². The normalized spacial score (nSPS) is 17.2. The number of amides is 1. The lowest BCUT2D eigenvalue weighted by Crippen LogP contribution is -2.51. The molecule has 2 heterocycles. The highest BCUT2D eigenvalue weighted by Gasteiger charge is 2.46. The molecule has 0 spiro atoms. The van der Waals surface area contributed by atoms with Gasteiger partial charge >= 0.3 is 5.97 Å². The number of rotatable bonds is 8. The second-order valence-corrected chi connectivity index (χ2v) is 23.4. The maximum Gasteiger partial charge on any atom is 0.316 e. The van der Waals surface area contributed by atoms with Crippen LogP contribution in [0.2, 0.25) is 36.3 Å². The number of thioether (sulfide) groups is 1. The second kappa shape index (κ2) is 11.5. The number of nitrogens with zero attached hydrogens (tertiary/aromatic N) is 2. The molecule has 1 aliphatic rings. The number of aromatic nitrogens is 1. The van der Waals surface area contributed by atoms with E-state index in [1.54, 1.807) is 30.6 Å². The van der Waals surface area contributed by atoms with E-state index in [4.69, 9.17) is 21.1 Å². The van der Waals surface area contributed by atoms with Crippen molar-refractivity contribution in [3.63, 3.8) is 0 Å². The number of carbonyl (C=O) groups excluding carboxylic acids is 3. The van der Waals surface area contributed by atoms with Crippen molar-refractivity contribution in [3.8, 4) is 0 Å². The van der Waals surface area contributed by atoms with Gasteiger partial charge in [0.05, 0.1) is 4.91 Å². The van der Waals surface area contributed by atoms with Gasteiger partial charge in [0.25, 0.3) is 28.5 Å². The largest absolute Gasteiger partial charge is 0.519 e. The summed E-state index contributed by atoms with van der Waals surface area (Å²) in [6.07, 6.45) is 5.04. The summed E-state index contributed by atoms with van der Waals surface area (Å²) in [6, 6.07) is 2.55. The molecule has 1 aromatic rings. The standard InChI is InChI=1S/C26H40N2O5S2Si2/c1-25(2,3)36(7,8)32-21(29)12-11-19(23(31)33-37(9,10)26(4,5)6)28-22(30)20(35-24(28)34)17-18-13-15-27-16-14-18/h13-17,19H,11-12H2,1-10H3/b20-17+. The monoisotopic (exact) mass is 580 g/mol. The lowest BCUT2D eigenvalue weighted by Gasteiger charge is -2.38. The summed E-state index contributed by atoms with van der Waals surface area (Å²) in [5, 5.41) is -0.357. The third-order valence-corrected chi connectivity index (χ3v) is 17.4. The first-order valence-corrected chi connectivity index (χ1v) is 19.4. The molecule has 0 saturated carbocycles. The average molecular weight is 581 g/mol. The molecular formula is C26H40N2O5S2Si2. The quantitative estimate of drug-likeness (QED) is 0.195. The summed E-state index contributed by atoms with van der Waals surface area (Å²) in [5.74, 6) is -1.29. The Kier molecular flexibility index (Phi) is 9.76. The van der Waals surface area contributed by atoms with Gasteiger partial charge in [-0.05, 0) is 66.5 Å². The number of hydrogen-bond donors (Lipinski definition) is 0. The lowest BCUT2D eigenvalue weighted by molar-refractivity contribution is -0.145. The molecule has 1 aromatic heterocycles. The van der Waals surface area contributed by atoms with Gasteiger partial charge in [-0.1, -0.05) is 65.5 Å². The van der Waals surface area contributed by atoms with Crippen molar-refractivity contribution in [2.75, 3.05) is 0 Å². The molecule has 1 fully saturated rings. The average Bonchev–Trinajstić information content (AvgIpc) is 3.00. The van der Waals surface area contributed by atoms with Gasteiger partial charge in [0.2, 0.25) is 0 Å². The Morgan fingerprint density at radius 2 is 1.54 bits per heavy atom. The Morgan fingerprint density at radius 1 is 1.03 bits per heavy atom. The Balaban J connectivity index is 2.34. The van der Waals surface area contributed by atoms with Crippen LogP contribution in [0.1, 0.15) is 59.9 Å². The first-order chi connectivity index (χ1) is 16.8. The molecular weight excluding hydrogens is 541 g/mol. The van der Waals surface area contributed by atoms with Crippen LogP contribution in [0, 0.1) is 0 Å². The summed E-state index contributed by atoms with van der Waals surface area (Å²) in [4.78, 5) is 45.6. The van der Waals surface area contributed by atoms with Gasteiger partial charge in [-0.15, -0.1) is 0 Å². The number of thiocarbonyl (C=S) groups is 1. The Labute approximate surface area is 233 Å². The second-order valence-electron chi connectivity index (χ2n) is 12.3. The van der Waals surface area contributed by atoms with Gasteiger partial charge in [0.1, 0.15) is 10.4 Å². The topological polar surface area (TPSA) is 85.8 Å². The van der Waals surface area contributed by atoms with E-state index in [0.29, 0.717) is 4.91 Å². The summed E-state index contributed by atoms with van der Waals surface area (Å²) >= 11 is 6.68. The van der Waals surface area contributed by atoms with Crippen molar-refractivity contribution in [1.29, 1.82) is 0 Å². The maximum atomic E-state index is 13.6.